The Morgan fingerprint density at radius 2 is 2.05 bits per heavy atom. The number of pyridine rings is 1. The van der Waals surface area contributed by atoms with Crippen LogP contribution < -0.4 is 11.1 Å². The molecule has 0 bridgehead atoms. The molecule has 0 radical (unpaired) electrons. The van der Waals surface area contributed by atoms with E-state index in [1.165, 1.54) is 12.8 Å². The molecule has 3 N–H and O–H groups in total. The molecule has 1 saturated carbocycles. The molecule has 1 aliphatic heterocycles. The Morgan fingerprint density at radius 3 is 2.70 bits per heavy atom. The molecule has 0 spiro atoms. The van der Waals surface area contributed by atoms with Gasteiger partial charge in [-0.2, -0.15) is 0 Å². The lowest BCUT2D eigenvalue weighted by molar-refractivity contribution is 0.0932. The maximum Gasteiger partial charge on any atom is 0.270 e. The fourth-order valence-corrected chi connectivity index (χ4v) is 2.51. The van der Waals surface area contributed by atoms with Gasteiger partial charge in [0.15, 0.2) is 0 Å². The van der Waals surface area contributed by atoms with Crippen molar-refractivity contribution in [2.75, 3.05) is 18.8 Å². The number of rotatable bonds is 3. The molecule has 1 aromatic rings. The molecule has 20 heavy (non-hydrogen) atoms. The summed E-state index contributed by atoms with van der Waals surface area (Å²) >= 11 is 0. The van der Waals surface area contributed by atoms with Crippen molar-refractivity contribution in [1.82, 2.24) is 15.2 Å². The summed E-state index contributed by atoms with van der Waals surface area (Å²) in [4.78, 5) is 18.5. The van der Waals surface area contributed by atoms with Gasteiger partial charge in [0.25, 0.3) is 5.91 Å². The summed E-state index contributed by atoms with van der Waals surface area (Å²) in [5.74, 6) is 0.263. The Balaban J connectivity index is 0.000001000. The Bertz CT molecular complexity index is 467. The van der Waals surface area contributed by atoms with Crippen molar-refractivity contribution in [2.45, 2.75) is 31.3 Å². The summed E-state index contributed by atoms with van der Waals surface area (Å²) in [6, 6.07) is 6.15. The minimum Gasteiger partial charge on any atom is -0.384 e. The van der Waals surface area contributed by atoms with Gasteiger partial charge in [-0.05, 0) is 31.4 Å². The Labute approximate surface area is 131 Å². The van der Waals surface area contributed by atoms with Crippen molar-refractivity contribution in [2.24, 2.45) is 0 Å². The van der Waals surface area contributed by atoms with E-state index in [0.717, 1.165) is 25.6 Å². The molecule has 0 aromatic carbocycles. The molecule has 1 unspecified atom stereocenters. The highest BCUT2D eigenvalue weighted by molar-refractivity contribution is 5.92. The van der Waals surface area contributed by atoms with Crippen LogP contribution in [0.15, 0.2) is 18.2 Å². The second-order valence-corrected chi connectivity index (χ2v) is 5.13. The number of anilines is 1. The lowest BCUT2D eigenvalue weighted by Crippen LogP contribution is -2.37. The highest BCUT2D eigenvalue weighted by Crippen LogP contribution is 2.29. The van der Waals surface area contributed by atoms with Crippen molar-refractivity contribution in [3.05, 3.63) is 23.9 Å². The van der Waals surface area contributed by atoms with Gasteiger partial charge in [-0.15, -0.1) is 24.8 Å². The first-order valence-corrected chi connectivity index (χ1v) is 6.50. The van der Waals surface area contributed by atoms with Crippen molar-refractivity contribution in [3.63, 3.8) is 0 Å². The third-order valence-electron chi connectivity index (χ3n) is 3.62. The number of nitrogen functional groups attached to an aromatic ring is 1. The van der Waals surface area contributed by atoms with Gasteiger partial charge >= 0.3 is 0 Å². The molecular formula is C13H20Cl2N4O. The van der Waals surface area contributed by atoms with Crippen molar-refractivity contribution >= 4 is 36.5 Å². The molecule has 7 heteroatoms. The van der Waals surface area contributed by atoms with Crippen LogP contribution >= 0.6 is 24.8 Å². The number of likely N-dealkylation sites (tertiary alicyclic amines) is 1. The zero-order valence-corrected chi connectivity index (χ0v) is 12.8. The van der Waals surface area contributed by atoms with Crippen LogP contribution in [0.2, 0.25) is 0 Å². The van der Waals surface area contributed by atoms with E-state index in [1.54, 1.807) is 18.2 Å². The quantitative estimate of drug-likeness (QED) is 0.885. The van der Waals surface area contributed by atoms with Gasteiger partial charge in [0.05, 0.1) is 0 Å². The summed E-state index contributed by atoms with van der Waals surface area (Å²) in [6.45, 7) is 2.07. The fraction of sp³-hybridized carbons (Fsp3) is 0.538. The SMILES string of the molecule is Cl.Cl.Nc1cccc(C(=O)NC2CCN(C3CC3)C2)n1. The molecule has 112 valence electrons. The van der Waals surface area contributed by atoms with Gasteiger partial charge in [0.2, 0.25) is 0 Å². The van der Waals surface area contributed by atoms with Crippen LogP contribution in [0.5, 0.6) is 0 Å². The molecule has 1 saturated heterocycles. The van der Waals surface area contributed by atoms with E-state index >= 15 is 0 Å². The first kappa shape index (κ1) is 17.0. The summed E-state index contributed by atoms with van der Waals surface area (Å²) in [5.41, 5.74) is 5.98. The minimum atomic E-state index is -0.120. The molecule has 1 atom stereocenters. The standard InChI is InChI=1S/C13H18N4O.2ClH/c14-12-3-1-2-11(16-12)13(18)15-9-6-7-17(8-9)10-4-5-10;;/h1-3,9-10H,4-8H2,(H2,14,16)(H,15,18);2*1H. The number of nitrogens with one attached hydrogen (secondary N) is 1. The van der Waals surface area contributed by atoms with Gasteiger partial charge in [-0.3, -0.25) is 9.69 Å². The van der Waals surface area contributed by atoms with E-state index < -0.39 is 0 Å². The van der Waals surface area contributed by atoms with Crippen LogP contribution in [0.4, 0.5) is 5.82 Å². The number of aromatic nitrogens is 1. The lowest BCUT2D eigenvalue weighted by Gasteiger charge is -2.15. The minimum absolute atomic E-state index is 0. The summed E-state index contributed by atoms with van der Waals surface area (Å²) in [7, 11) is 0. The fourth-order valence-electron chi connectivity index (χ4n) is 2.51. The predicted molar refractivity (Wildman–Crippen MR) is 83.6 cm³/mol. The smallest absolute Gasteiger partial charge is 0.270 e. The number of hydrogen-bond acceptors (Lipinski definition) is 4. The average Bonchev–Trinajstić information content (AvgIpc) is 3.11. The average molecular weight is 319 g/mol. The van der Waals surface area contributed by atoms with Crippen LogP contribution in [-0.2, 0) is 0 Å². The molecule has 1 amide bonds. The zero-order valence-electron chi connectivity index (χ0n) is 11.1. The van der Waals surface area contributed by atoms with Gasteiger partial charge < -0.3 is 11.1 Å². The van der Waals surface area contributed by atoms with E-state index in [-0.39, 0.29) is 36.8 Å². The van der Waals surface area contributed by atoms with E-state index in [2.05, 4.69) is 15.2 Å². The number of halogens is 2. The second kappa shape index (κ2) is 7.11. The monoisotopic (exact) mass is 318 g/mol. The van der Waals surface area contributed by atoms with Crippen LogP contribution in [0.25, 0.3) is 0 Å². The lowest BCUT2D eigenvalue weighted by atomic mass is 10.2. The summed E-state index contributed by atoms with van der Waals surface area (Å²) in [6.07, 6.45) is 3.67. The molecular weight excluding hydrogens is 299 g/mol. The van der Waals surface area contributed by atoms with E-state index in [0.29, 0.717) is 11.5 Å². The van der Waals surface area contributed by atoms with Gasteiger partial charge in [0.1, 0.15) is 11.5 Å². The van der Waals surface area contributed by atoms with E-state index in [4.69, 9.17) is 5.73 Å². The zero-order chi connectivity index (χ0) is 12.5. The maximum atomic E-state index is 12.0. The largest absolute Gasteiger partial charge is 0.384 e. The normalized spacial score (nSPS) is 21.7. The van der Waals surface area contributed by atoms with Crippen LogP contribution in [0, 0.1) is 0 Å². The van der Waals surface area contributed by atoms with Crippen LogP contribution in [0.3, 0.4) is 0 Å². The number of carbonyl (C=O) groups excluding carboxylic acids is 1. The van der Waals surface area contributed by atoms with Crippen molar-refractivity contribution in [3.8, 4) is 0 Å². The van der Waals surface area contributed by atoms with Crippen LogP contribution in [0.1, 0.15) is 29.8 Å². The van der Waals surface area contributed by atoms with Gasteiger partial charge in [-0.25, -0.2) is 4.98 Å². The topological polar surface area (TPSA) is 71.2 Å². The Morgan fingerprint density at radius 1 is 1.30 bits per heavy atom. The summed E-state index contributed by atoms with van der Waals surface area (Å²) < 4.78 is 0. The highest BCUT2D eigenvalue weighted by Gasteiger charge is 2.34. The third-order valence-corrected chi connectivity index (χ3v) is 3.62. The highest BCUT2D eigenvalue weighted by atomic mass is 35.5. The van der Waals surface area contributed by atoms with E-state index in [9.17, 15) is 4.79 Å². The molecule has 1 aromatic heterocycles. The molecule has 2 aliphatic rings. The van der Waals surface area contributed by atoms with Crippen LogP contribution in [-0.4, -0.2) is 41.0 Å². The number of carbonyl (C=O) groups is 1. The van der Waals surface area contributed by atoms with Gasteiger partial charge in [0, 0.05) is 25.2 Å². The van der Waals surface area contributed by atoms with E-state index in [1.807, 2.05) is 0 Å². The first-order valence-electron chi connectivity index (χ1n) is 6.50. The molecule has 1 aliphatic carbocycles. The Kier molecular flexibility index (Phi) is 6.05. The van der Waals surface area contributed by atoms with Gasteiger partial charge in [-0.1, -0.05) is 6.07 Å². The van der Waals surface area contributed by atoms with Crippen molar-refractivity contribution in [1.29, 1.82) is 0 Å². The van der Waals surface area contributed by atoms with Crippen molar-refractivity contribution < 1.29 is 4.79 Å². The number of hydrogen-bond donors (Lipinski definition) is 2. The summed E-state index contributed by atoms with van der Waals surface area (Å²) in [5, 5.41) is 3.04. The first-order chi connectivity index (χ1) is 8.72. The molecule has 2 heterocycles. The Hall–Kier alpha value is -1.04. The number of nitrogens with two attached hydrogens (primary N) is 1. The predicted octanol–water partition coefficient (Wildman–Crippen LogP) is 1.47. The number of amides is 1. The molecule has 3 rings (SSSR count). The second-order valence-electron chi connectivity index (χ2n) is 5.13. The molecule has 5 nitrogen and oxygen atoms in total. The third kappa shape index (κ3) is 3.98. The number of nitrogens with zero attached hydrogens (tertiary/aromatic N) is 2. The molecule has 2 fully saturated rings. The maximum absolute atomic E-state index is 12.0.